The Labute approximate surface area is 104 Å². The summed E-state index contributed by atoms with van der Waals surface area (Å²) in [5.41, 5.74) is 14.2. The average molecular weight is 273 g/mol. The zero-order chi connectivity index (χ0) is 13.7. The average Bonchev–Trinajstić information content (AvgIpc) is 2.23. The van der Waals surface area contributed by atoms with Crippen molar-refractivity contribution >= 4 is 17.6 Å². The highest BCUT2D eigenvalue weighted by atomic mass is 19.1. The number of nitrogen functional groups attached to an aromatic ring is 3. The van der Waals surface area contributed by atoms with Crippen molar-refractivity contribution < 1.29 is 9.87 Å². The molecule has 0 spiro atoms. The molecule has 2 heterocycles. The summed E-state index contributed by atoms with van der Waals surface area (Å²) in [6.07, 6.45) is 0.772. The molecule has 0 radical (unpaired) electrons. The minimum Gasteiger partial charge on any atom is -0.412 e. The fraction of sp³-hybridized carbons (Fsp3) is 0. The second-order valence-corrected chi connectivity index (χ2v) is 3.01. The van der Waals surface area contributed by atoms with Crippen LogP contribution >= 0.6 is 0 Å². The van der Waals surface area contributed by atoms with Gasteiger partial charge in [-0.2, -0.15) is 9.97 Å². The molecule has 0 aliphatic heterocycles. The Kier molecular flexibility index (Phi) is 5.66. The molecule has 19 heavy (non-hydrogen) atoms. The Morgan fingerprint density at radius 3 is 2.21 bits per heavy atom. The van der Waals surface area contributed by atoms with Crippen LogP contribution in [0.25, 0.3) is 0 Å². The number of halogens is 1. The fourth-order valence-corrected chi connectivity index (χ4v) is 0.888. The quantitative estimate of drug-likeness (QED) is 0.351. The van der Waals surface area contributed by atoms with Crippen molar-refractivity contribution in [1.82, 2.24) is 19.9 Å². The second-order valence-electron chi connectivity index (χ2n) is 3.01. The van der Waals surface area contributed by atoms with Crippen LogP contribution in [0.1, 0.15) is 0 Å². The number of rotatable bonds is 0. The maximum atomic E-state index is 12.1. The van der Waals surface area contributed by atoms with E-state index in [0.717, 1.165) is 12.3 Å². The van der Waals surface area contributed by atoms with Crippen molar-refractivity contribution in [3.8, 4) is 0 Å². The minimum atomic E-state index is -0.713. The first-order chi connectivity index (χ1) is 8.38. The molecule has 0 bridgehead atoms. The SMILES string of the molecule is Nc1[nH]c(=O)ncc1F.Nc1cc(=O)[nH]c(N)n1.O. The third-order valence-electron chi connectivity index (χ3n) is 1.57. The van der Waals surface area contributed by atoms with Crippen LogP contribution in [0.4, 0.5) is 22.0 Å². The largest absolute Gasteiger partial charge is 0.412 e. The summed E-state index contributed by atoms with van der Waals surface area (Å²) in [5.74, 6) is -0.819. The lowest BCUT2D eigenvalue weighted by Crippen LogP contribution is -2.12. The van der Waals surface area contributed by atoms with E-state index in [4.69, 9.17) is 17.2 Å². The van der Waals surface area contributed by atoms with E-state index in [0.29, 0.717) is 0 Å². The summed E-state index contributed by atoms with van der Waals surface area (Å²) in [7, 11) is 0. The molecular weight excluding hydrogens is 261 g/mol. The summed E-state index contributed by atoms with van der Waals surface area (Å²) >= 11 is 0. The Balaban J connectivity index is 0.000000324. The molecule has 10 N–H and O–H groups in total. The molecule has 11 heteroatoms. The molecule has 104 valence electrons. The summed E-state index contributed by atoms with van der Waals surface area (Å²) in [5, 5.41) is 0. The Bertz CT molecular complexity index is 630. The van der Waals surface area contributed by atoms with Gasteiger partial charge in [0.05, 0.1) is 6.20 Å². The van der Waals surface area contributed by atoms with Crippen LogP contribution in [-0.2, 0) is 0 Å². The summed E-state index contributed by atoms with van der Waals surface area (Å²) in [6, 6.07) is 1.16. The van der Waals surface area contributed by atoms with E-state index in [9.17, 15) is 14.0 Å². The lowest BCUT2D eigenvalue weighted by Gasteiger charge is -1.90. The number of anilines is 3. The zero-order valence-electron chi connectivity index (χ0n) is 9.48. The van der Waals surface area contributed by atoms with Gasteiger partial charge in [0.15, 0.2) is 5.82 Å². The van der Waals surface area contributed by atoms with Crippen LogP contribution in [-0.4, -0.2) is 25.4 Å². The molecular formula is C8H12FN7O3. The molecule has 0 aliphatic carbocycles. The standard InChI is InChI=1S/C4H4FN3O.C4H6N4O.H2O/c5-2-1-7-4(9)8-3(2)6;5-2-1-3(9)8-4(6)7-2;/h1H,(H3,6,7,8,9);1H,(H5,5,6,7,8,9);1H2. The predicted molar refractivity (Wildman–Crippen MR) is 66.5 cm³/mol. The van der Waals surface area contributed by atoms with Crippen molar-refractivity contribution in [2.45, 2.75) is 0 Å². The van der Waals surface area contributed by atoms with Gasteiger partial charge in [-0.3, -0.25) is 14.8 Å². The monoisotopic (exact) mass is 273 g/mol. The fourth-order valence-electron chi connectivity index (χ4n) is 0.888. The first-order valence-corrected chi connectivity index (χ1v) is 4.51. The third-order valence-corrected chi connectivity index (χ3v) is 1.57. The lowest BCUT2D eigenvalue weighted by atomic mass is 10.6. The molecule has 2 aromatic rings. The van der Waals surface area contributed by atoms with Crippen molar-refractivity contribution in [3.05, 3.63) is 38.9 Å². The number of H-pyrrole nitrogens is 2. The molecule has 10 nitrogen and oxygen atoms in total. The number of aromatic nitrogens is 4. The van der Waals surface area contributed by atoms with Crippen LogP contribution in [0.3, 0.4) is 0 Å². The van der Waals surface area contributed by atoms with E-state index in [1.165, 1.54) is 0 Å². The second kappa shape index (κ2) is 6.70. The first kappa shape index (κ1) is 16.1. The predicted octanol–water partition coefficient (Wildman–Crippen LogP) is -2.40. The minimum absolute atomic E-state index is 0. The molecule has 0 aliphatic rings. The molecule has 2 rings (SSSR count). The van der Waals surface area contributed by atoms with E-state index < -0.39 is 11.5 Å². The number of hydrogen-bond donors (Lipinski definition) is 5. The molecule has 0 amide bonds. The number of nitrogens with zero attached hydrogens (tertiary/aromatic N) is 2. The molecule has 0 saturated carbocycles. The van der Waals surface area contributed by atoms with Crippen molar-refractivity contribution in [2.75, 3.05) is 17.2 Å². The van der Waals surface area contributed by atoms with Crippen molar-refractivity contribution in [2.24, 2.45) is 0 Å². The van der Waals surface area contributed by atoms with Crippen LogP contribution in [0.5, 0.6) is 0 Å². The molecule has 2 aromatic heterocycles. The molecule has 0 aromatic carbocycles. The van der Waals surface area contributed by atoms with Gasteiger partial charge in [0, 0.05) is 6.07 Å². The van der Waals surface area contributed by atoms with E-state index in [1.807, 2.05) is 4.98 Å². The van der Waals surface area contributed by atoms with Gasteiger partial charge in [-0.05, 0) is 0 Å². The smallest absolute Gasteiger partial charge is 0.346 e. The molecule has 0 saturated heterocycles. The van der Waals surface area contributed by atoms with E-state index >= 15 is 0 Å². The topological polar surface area (TPSA) is 201 Å². The normalized spacial score (nSPS) is 8.89. The van der Waals surface area contributed by atoms with Crippen LogP contribution in [0, 0.1) is 5.82 Å². The van der Waals surface area contributed by atoms with Gasteiger partial charge in [0.1, 0.15) is 11.6 Å². The first-order valence-electron chi connectivity index (χ1n) is 4.51. The third kappa shape index (κ3) is 5.27. The highest BCUT2D eigenvalue weighted by Crippen LogP contribution is 1.96. The van der Waals surface area contributed by atoms with Crippen molar-refractivity contribution in [1.29, 1.82) is 0 Å². The Morgan fingerprint density at radius 2 is 1.79 bits per heavy atom. The van der Waals surface area contributed by atoms with Crippen LogP contribution < -0.4 is 28.5 Å². The van der Waals surface area contributed by atoms with Gasteiger partial charge in [0.25, 0.3) is 5.56 Å². The van der Waals surface area contributed by atoms with Crippen LogP contribution in [0.15, 0.2) is 21.9 Å². The number of aromatic amines is 2. The number of hydrogen-bond acceptors (Lipinski definition) is 7. The molecule has 0 fully saturated rings. The maximum absolute atomic E-state index is 12.1. The van der Waals surface area contributed by atoms with E-state index in [2.05, 4.69) is 15.0 Å². The zero-order valence-corrected chi connectivity index (χ0v) is 9.48. The highest BCUT2D eigenvalue weighted by Gasteiger charge is 1.95. The summed E-state index contributed by atoms with van der Waals surface area (Å²) in [6.45, 7) is 0. The molecule has 0 atom stereocenters. The van der Waals surface area contributed by atoms with E-state index in [-0.39, 0.29) is 28.6 Å². The summed E-state index contributed by atoms with van der Waals surface area (Å²) < 4.78 is 12.1. The van der Waals surface area contributed by atoms with Gasteiger partial charge in [-0.15, -0.1) is 0 Å². The van der Waals surface area contributed by atoms with Gasteiger partial charge in [-0.1, -0.05) is 0 Å². The van der Waals surface area contributed by atoms with Crippen LogP contribution in [0.2, 0.25) is 0 Å². The van der Waals surface area contributed by atoms with Gasteiger partial charge in [-0.25, -0.2) is 9.18 Å². The number of nitrogens with two attached hydrogens (primary N) is 3. The van der Waals surface area contributed by atoms with Gasteiger partial charge >= 0.3 is 5.69 Å². The number of nitrogens with one attached hydrogen (secondary N) is 2. The van der Waals surface area contributed by atoms with Gasteiger partial charge < -0.3 is 22.7 Å². The van der Waals surface area contributed by atoms with Gasteiger partial charge in [0.2, 0.25) is 5.95 Å². The Morgan fingerprint density at radius 1 is 1.16 bits per heavy atom. The van der Waals surface area contributed by atoms with E-state index in [1.54, 1.807) is 0 Å². The highest BCUT2D eigenvalue weighted by molar-refractivity contribution is 5.31. The Hall–Kier alpha value is -2.95. The lowest BCUT2D eigenvalue weighted by molar-refractivity contribution is 0.617. The summed E-state index contributed by atoms with van der Waals surface area (Å²) in [4.78, 5) is 31.5. The molecule has 0 unspecified atom stereocenters. The van der Waals surface area contributed by atoms with Crippen molar-refractivity contribution in [3.63, 3.8) is 0 Å². The maximum Gasteiger partial charge on any atom is 0.346 e.